The first-order valence-corrected chi connectivity index (χ1v) is 7.05. The number of benzene rings is 1. The summed E-state index contributed by atoms with van der Waals surface area (Å²) in [7, 11) is 0. The summed E-state index contributed by atoms with van der Waals surface area (Å²) in [6.07, 6.45) is 5.20. The van der Waals surface area contributed by atoms with Gasteiger partial charge in [0.1, 0.15) is 0 Å². The van der Waals surface area contributed by atoms with E-state index in [0.717, 1.165) is 15.9 Å². The molecule has 0 spiro atoms. The van der Waals surface area contributed by atoms with Gasteiger partial charge in [-0.1, -0.05) is 17.7 Å². The molecule has 106 valence electrons. The lowest BCUT2D eigenvalue weighted by atomic mass is 10.2. The number of carbonyl (C=O) groups is 1. The third-order valence-corrected chi connectivity index (χ3v) is 3.67. The third kappa shape index (κ3) is 2.90. The Labute approximate surface area is 127 Å². The molecule has 1 aromatic carbocycles. The number of nitrogens with one attached hydrogen (secondary N) is 1. The van der Waals surface area contributed by atoms with Crippen molar-refractivity contribution < 1.29 is 4.79 Å². The fraction of sp³-hybridized carbons (Fsp3) is 0.125. The molecular weight excluding hydrogens is 286 g/mol. The van der Waals surface area contributed by atoms with Crippen molar-refractivity contribution in [2.45, 2.75) is 6.54 Å². The normalized spacial score (nSPS) is 10.7. The number of amides is 1. The van der Waals surface area contributed by atoms with Crippen LogP contribution >= 0.6 is 11.6 Å². The molecule has 0 saturated carbocycles. The molecule has 0 saturated heterocycles. The number of hydrogen-bond donors (Lipinski definition) is 1. The zero-order valence-electron chi connectivity index (χ0n) is 11.3. The highest BCUT2D eigenvalue weighted by molar-refractivity contribution is 6.35. The van der Waals surface area contributed by atoms with Gasteiger partial charge in [0.25, 0.3) is 5.91 Å². The van der Waals surface area contributed by atoms with Crippen LogP contribution in [0.3, 0.4) is 0 Å². The van der Waals surface area contributed by atoms with E-state index < -0.39 is 0 Å². The second kappa shape index (κ2) is 5.97. The van der Waals surface area contributed by atoms with Gasteiger partial charge in [-0.15, -0.1) is 0 Å². The van der Waals surface area contributed by atoms with Crippen LogP contribution in [0.5, 0.6) is 0 Å². The molecule has 0 aliphatic heterocycles. The molecule has 1 amide bonds. The summed E-state index contributed by atoms with van der Waals surface area (Å²) in [6, 6.07) is 11.2. The number of pyridine rings is 1. The highest BCUT2D eigenvalue weighted by Crippen LogP contribution is 2.23. The number of fused-ring (bicyclic) bond motifs is 1. The van der Waals surface area contributed by atoms with Gasteiger partial charge in [-0.05, 0) is 30.3 Å². The average molecular weight is 300 g/mol. The summed E-state index contributed by atoms with van der Waals surface area (Å²) in [5.41, 5.74) is 1.69. The van der Waals surface area contributed by atoms with Gasteiger partial charge >= 0.3 is 0 Å². The Morgan fingerprint density at radius 1 is 1.19 bits per heavy atom. The van der Waals surface area contributed by atoms with E-state index in [0.29, 0.717) is 18.7 Å². The molecule has 2 heterocycles. The molecule has 0 bridgehead atoms. The summed E-state index contributed by atoms with van der Waals surface area (Å²) < 4.78 is 2.08. The van der Waals surface area contributed by atoms with E-state index in [-0.39, 0.29) is 5.91 Å². The maximum absolute atomic E-state index is 11.9. The molecule has 1 N–H and O–H groups in total. The van der Waals surface area contributed by atoms with Crippen LogP contribution in [0.1, 0.15) is 10.4 Å². The minimum atomic E-state index is -0.0908. The van der Waals surface area contributed by atoms with Gasteiger partial charge < -0.3 is 9.88 Å². The zero-order valence-corrected chi connectivity index (χ0v) is 12.0. The quantitative estimate of drug-likeness (QED) is 0.804. The predicted octanol–water partition coefficient (Wildman–Crippen LogP) is 3.12. The molecule has 0 fully saturated rings. The first-order valence-electron chi connectivity index (χ1n) is 6.67. The summed E-state index contributed by atoms with van der Waals surface area (Å²) in [6.45, 7) is 1.25. The number of hydrogen-bond acceptors (Lipinski definition) is 2. The third-order valence-electron chi connectivity index (χ3n) is 3.34. The number of halogens is 1. The van der Waals surface area contributed by atoms with Crippen LogP contribution < -0.4 is 5.32 Å². The van der Waals surface area contributed by atoms with Crippen LogP contribution in [0.4, 0.5) is 0 Å². The minimum absolute atomic E-state index is 0.0908. The number of aromatic nitrogens is 2. The molecule has 3 aromatic rings. The molecule has 0 aliphatic carbocycles. The van der Waals surface area contributed by atoms with Crippen molar-refractivity contribution in [2.75, 3.05) is 6.54 Å². The van der Waals surface area contributed by atoms with Gasteiger partial charge in [-0.3, -0.25) is 9.78 Å². The van der Waals surface area contributed by atoms with Crippen LogP contribution in [0.2, 0.25) is 5.02 Å². The van der Waals surface area contributed by atoms with Crippen molar-refractivity contribution >= 4 is 28.4 Å². The number of carbonyl (C=O) groups excluding carboxylic acids is 1. The van der Waals surface area contributed by atoms with Gasteiger partial charge in [0.05, 0.1) is 0 Å². The molecule has 3 rings (SSSR count). The SMILES string of the molecule is O=C(NCCn1ccc2c(Cl)cccc21)c1ccncc1. The molecule has 2 aromatic heterocycles. The molecule has 0 aliphatic rings. The van der Waals surface area contributed by atoms with Gasteiger partial charge in [0, 0.05) is 53.2 Å². The topological polar surface area (TPSA) is 46.9 Å². The Morgan fingerprint density at radius 3 is 2.81 bits per heavy atom. The van der Waals surface area contributed by atoms with Crippen molar-refractivity contribution in [2.24, 2.45) is 0 Å². The van der Waals surface area contributed by atoms with Crippen LogP contribution in [0, 0.1) is 0 Å². The fourth-order valence-corrected chi connectivity index (χ4v) is 2.51. The second-order valence-corrected chi connectivity index (χ2v) is 5.08. The summed E-state index contributed by atoms with van der Waals surface area (Å²) in [4.78, 5) is 15.8. The van der Waals surface area contributed by atoms with E-state index in [2.05, 4.69) is 14.9 Å². The standard InChI is InChI=1S/C16H14ClN3O/c17-14-2-1-3-15-13(14)6-10-20(15)11-9-19-16(21)12-4-7-18-8-5-12/h1-8,10H,9,11H2,(H,19,21). The monoisotopic (exact) mass is 299 g/mol. The van der Waals surface area contributed by atoms with E-state index in [1.54, 1.807) is 24.5 Å². The zero-order chi connectivity index (χ0) is 14.7. The number of rotatable bonds is 4. The van der Waals surface area contributed by atoms with Crippen LogP contribution in [-0.2, 0) is 6.54 Å². The van der Waals surface area contributed by atoms with E-state index >= 15 is 0 Å². The van der Waals surface area contributed by atoms with Crippen LogP contribution in [0.25, 0.3) is 10.9 Å². The first kappa shape index (κ1) is 13.6. The highest BCUT2D eigenvalue weighted by Gasteiger charge is 2.06. The van der Waals surface area contributed by atoms with Crippen molar-refractivity contribution in [3.05, 3.63) is 65.6 Å². The predicted molar refractivity (Wildman–Crippen MR) is 83.5 cm³/mol. The Hall–Kier alpha value is -2.33. The van der Waals surface area contributed by atoms with Gasteiger partial charge in [-0.25, -0.2) is 0 Å². The lowest BCUT2D eigenvalue weighted by Crippen LogP contribution is -2.27. The van der Waals surface area contributed by atoms with E-state index in [1.165, 1.54) is 0 Å². The largest absolute Gasteiger partial charge is 0.350 e. The lowest BCUT2D eigenvalue weighted by Gasteiger charge is -2.08. The summed E-state index contributed by atoms with van der Waals surface area (Å²) in [5, 5.41) is 4.67. The Bertz CT molecular complexity index is 768. The van der Waals surface area contributed by atoms with Crippen molar-refractivity contribution in [1.82, 2.24) is 14.9 Å². The molecule has 0 unspecified atom stereocenters. The van der Waals surface area contributed by atoms with Crippen molar-refractivity contribution in [3.8, 4) is 0 Å². The first-order chi connectivity index (χ1) is 10.3. The van der Waals surface area contributed by atoms with Crippen molar-refractivity contribution in [3.63, 3.8) is 0 Å². The van der Waals surface area contributed by atoms with E-state index in [1.807, 2.05) is 30.5 Å². The lowest BCUT2D eigenvalue weighted by molar-refractivity contribution is 0.0952. The maximum atomic E-state index is 11.9. The molecule has 0 radical (unpaired) electrons. The van der Waals surface area contributed by atoms with Gasteiger partial charge in [0.2, 0.25) is 0 Å². The molecule has 21 heavy (non-hydrogen) atoms. The Morgan fingerprint density at radius 2 is 2.00 bits per heavy atom. The van der Waals surface area contributed by atoms with Crippen LogP contribution in [0.15, 0.2) is 55.0 Å². The smallest absolute Gasteiger partial charge is 0.251 e. The molecular formula is C16H14ClN3O. The van der Waals surface area contributed by atoms with Gasteiger partial charge in [-0.2, -0.15) is 0 Å². The second-order valence-electron chi connectivity index (χ2n) is 4.67. The Kier molecular flexibility index (Phi) is 3.88. The summed E-state index contributed by atoms with van der Waals surface area (Å²) in [5.74, 6) is -0.0908. The van der Waals surface area contributed by atoms with E-state index in [9.17, 15) is 4.79 Å². The average Bonchev–Trinajstić information content (AvgIpc) is 2.93. The number of nitrogens with zero attached hydrogens (tertiary/aromatic N) is 2. The summed E-state index contributed by atoms with van der Waals surface area (Å²) >= 11 is 6.15. The molecule has 4 nitrogen and oxygen atoms in total. The molecule has 5 heteroatoms. The van der Waals surface area contributed by atoms with E-state index in [4.69, 9.17) is 11.6 Å². The maximum Gasteiger partial charge on any atom is 0.251 e. The van der Waals surface area contributed by atoms with Crippen LogP contribution in [-0.4, -0.2) is 22.0 Å². The minimum Gasteiger partial charge on any atom is -0.350 e. The van der Waals surface area contributed by atoms with Gasteiger partial charge in [0.15, 0.2) is 0 Å². The molecule has 0 atom stereocenters. The Balaban J connectivity index is 1.65. The highest BCUT2D eigenvalue weighted by atomic mass is 35.5. The van der Waals surface area contributed by atoms with Crippen molar-refractivity contribution in [1.29, 1.82) is 0 Å². The fourth-order valence-electron chi connectivity index (χ4n) is 2.28.